The van der Waals surface area contributed by atoms with Crippen LogP contribution in [0.2, 0.25) is 0 Å². The number of hydrogen-bond acceptors (Lipinski definition) is 3. The van der Waals surface area contributed by atoms with Gasteiger partial charge in [0.05, 0.1) is 5.41 Å². The Morgan fingerprint density at radius 1 is 0.941 bits per heavy atom. The molecule has 5 fully saturated rings. The summed E-state index contributed by atoms with van der Waals surface area (Å²) < 4.78 is 0. The summed E-state index contributed by atoms with van der Waals surface area (Å²) >= 11 is 0. The van der Waals surface area contributed by atoms with Crippen LogP contribution in [0.1, 0.15) is 98.8 Å². The highest BCUT2D eigenvalue weighted by Gasteiger charge is 2.72. The number of aliphatic hydroxyl groups excluding tert-OH is 1. The second-order valence-corrected chi connectivity index (χ2v) is 14.2. The number of fused-ring (bicyclic) bond motifs is 7. The van der Waals surface area contributed by atoms with E-state index in [1.54, 1.807) is 0 Å². The van der Waals surface area contributed by atoms with Crippen LogP contribution in [0.3, 0.4) is 0 Å². The summed E-state index contributed by atoms with van der Waals surface area (Å²) in [7, 11) is 0. The Bertz CT molecular complexity index is 921. The Hall–Kier alpha value is -1.16. The van der Waals surface area contributed by atoms with Gasteiger partial charge in [-0.25, -0.2) is 0 Å². The molecule has 0 saturated heterocycles. The van der Waals surface area contributed by atoms with Crippen LogP contribution in [-0.2, 0) is 9.59 Å². The van der Waals surface area contributed by atoms with Crippen LogP contribution >= 0.6 is 0 Å². The summed E-state index contributed by atoms with van der Waals surface area (Å²) in [5.74, 6) is 1.26. The fourth-order valence-electron chi connectivity index (χ4n) is 11.3. The number of aliphatic hydroxyl groups is 1. The first kappa shape index (κ1) is 24.5. The SMILES string of the molecule is C=C(C)[C@@H]1CC[C@]2(C(=O)O)CC[C@]3(C)[C@H](CC[C@@H]4[C@@]5(CO)CCC(=O)C(C)(C)[C@@H]5CC[C@]43C)[C@@H]12. The van der Waals surface area contributed by atoms with Crippen LogP contribution in [0.15, 0.2) is 12.2 Å². The molecule has 9 atom stereocenters. The Morgan fingerprint density at radius 3 is 2.26 bits per heavy atom. The molecule has 5 aliphatic carbocycles. The molecular formula is C30H46O4. The van der Waals surface area contributed by atoms with E-state index in [1.807, 2.05) is 0 Å². The van der Waals surface area contributed by atoms with Crippen molar-refractivity contribution in [2.24, 2.45) is 56.7 Å². The third-order valence-electron chi connectivity index (χ3n) is 13.3. The second kappa shape index (κ2) is 7.43. The lowest BCUT2D eigenvalue weighted by Gasteiger charge is -2.72. The molecule has 190 valence electrons. The number of rotatable bonds is 3. The first-order chi connectivity index (χ1) is 15.8. The van der Waals surface area contributed by atoms with Gasteiger partial charge in [-0.2, -0.15) is 0 Å². The Balaban J connectivity index is 1.59. The summed E-state index contributed by atoms with van der Waals surface area (Å²) in [5, 5.41) is 21.5. The topological polar surface area (TPSA) is 74.6 Å². The Labute approximate surface area is 206 Å². The molecule has 2 N–H and O–H groups in total. The molecule has 0 heterocycles. The smallest absolute Gasteiger partial charge is 0.309 e. The molecule has 0 amide bonds. The van der Waals surface area contributed by atoms with Crippen molar-refractivity contribution in [2.45, 2.75) is 98.8 Å². The van der Waals surface area contributed by atoms with Gasteiger partial charge in [-0.1, -0.05) is 39.8 Å². The minimum Gasteiger partial charge on any atom is -0.481 e. The van der Waals surface area contributed by atoms with Gasteiger partial charge in [0.1, 0.15) is 5.78 Å². The molecule has 0 aromatic heterocycles. The molecule has 5 saturated carbocycles. The molecule has 0 aromatic rings. The lowest BCUT2D eigenvalue weighted by Crippen LogP contribution is -2.68. The maximum atomic E-state index is 12.9. The van der Waals surface area contributed by atoms with Gasteiger partial charge < -0.3 is 10.2 Å². The molecule has 4 heteroatoms. The van der Waals surface area contributed by atoms with E-state index in [0.717, 1.165) is 63.4 Å². The predicted octanol–water partition coefficient (Wildman–Crippen LogP) is 6.27. The number of carbonyl (C=O) groups is 2. The molecular weight excluding hydrogens is 424 g/mol. The zero-order chi connectivity index (χ0) is 24.9. The van der Waals surface area contributed by atoms with E-state index >= 15 is 0 Å². The third kappa shape index (κ3) is 2.70. The molecule has 4 nitrogen and oxygen atoms in total. The molecule has 0 unspecified atom stereocenters. The van der Waals surface area contributed by atoms with E-state index in [9.17, 15) is 19.8 Å². The predicted molar refractivity (Wildman–Crippen MR) is 133 cm³/mol. The van der Waals surface area contributed by atoms with Crippen molar-refractivity contribution in [3.05, 3.63) is 12.2 Å². The average Bonchev–Trinajstić information content (AvgIpc) is 3.18. The summed E-state index contributed by atoms with van der Waals surface area (Å²) in [4.78, 5) is 25.7. The minimum atomic E-state index is -0.595. The van der Waals surface area contributed by atoms with Gasteiger partial charge in [0.25, 0.3) is 0 Å². The first-order valence-electron chi connectivity index (χ1n) is 13.8. The van der Waals surface area contributed by atoms with Gasteiger partial charge in [-0.3, -0.25) is 9.59 Å². The highest BCUT2D eigenvalue weighted by molar-refractivity contribution is 5.85. The summed E-state index contributed by atoms with van der Waals surface area (Å²) in [6.45, 7) is 15.8. The number of allylic oxidation sites excluding steroid dienone is 1. The molecule has 0 bridgehead atoms. The number of aliphatic carboxylic acids is 1. The van der Waals surface area contributed by atoms with Crippen molar-refractivity contribution >= 4 is 11.8 Å². The minimum absolute atomic E-state index is 0.0519. The number of ketones is 1. The lowest BCUT2D eigenvalue weighted by atomic mass is 9.32. The summed E-state index contributed by atoms with van der Waals surface area (Å²) in [5.41, 5.74) is 0.106. The van der Waals surface area contributed by atoms with E-state index in [0.29, 0.717) is 30.0 Å². The number of hydrogen-bond donors (Lipinski definition) is 2. The van der Waals surface area contributed by atoms with E-state index in [-0.39, 0.29) is 40.1 Å². The van der Waals surface area contributed by atoms with Gasteiger partial charge >= 0.3 is 5.97 Å². The molecule has 0 radical (unpaired) electrons. The van der Waals surface area contributed by atoms with E-state index in [1.165, 1.54) is 0 Å². The van der Waals surface area contributed by atoms with Crippen LogP contribution in [0, 0.1) is 56.7 Å². The van der Waals surface area contributed by atoms with Crippen LogP contribution in [0.4, 0.5) is 0 Å². The monoisotopic (exact) mass is 470 g/mol. The van der Waals surface area contributed by atoms with Crippen LogP contribution in [0.25, 0.3) is 0 Å². The van der Waals surface area contributed by atoms with Crippen molar-refractivity contribution in [2.75, 3.05) is 6.61 Å². The molecule has 0 aromatic carbocycles. The van der Waals surface area contributed by atoms with Gasteiger partial charge in [-0.15, -0.1) is 0 Å². The summed E-state index contributed by atoms with van der Waals surface area (Å²) in [6.07, 6.45) is 9.04. The largest absolute Gasteiger partial charge is 0.481 e. The molecule has 34 heavy (non-hydrogen) atoms. The summed E-state index contributed by atoms with van der Waals surface area (Å²) in [6, 6.07) is 0. The zero-order valence-electron chi connectivity index (χ0n) is 22.1. The number of carboxylic acids is 1. The lowest BCUT2D eigenvalue weighted by molar-refractivity contribution is -0.246. The third-order valence-corrected chi connectivity index (χ3v) is 13.3. The molecule has 0 spiro atoms. The van der Waals surface area contributed by atoms with Gasteiger partial charge in [0, 0.05) is 23.9 Å². The van der Waals surface area contributed by atoms with Crippen molar-refractivity contribution < 1.29 is 19.8 Å². The first-order valence-corrected chi connectivity index (χ1v) is 13.8. The molecule has 0 aliphatic heterocycles. The number of carbonyl (C=O) groups excluding carboxylic acids is 1. The van der Waals surface area contributed by atoms with Crippen LogP contribution in [0.5, 0.6) is 0 Å². The standard InChI is InChI=1S/C30H46O4/c1-18(2)19-9-13-29(25(33)34)16-15-27(5)20(24(19)29)7-8-22-28(27,6)12-10-21-26(3,4)23(32)11-14-30(21,22)17-31/h19-22,24,31H,1,7-17H2,2-6H3,(H,33,34)/t19-,20+,21-,22-,24+,27+,28+,29-,30+/m0/s1. The van der Waals surface area contributed by atoms with Crippen molar-refractivity contribution in [3.8, 4) is 0 Å². The maximum absolute atomic E-state index is 12.9. The Morgan fingerprint density at radius 2 is 1.65 bits per heavy atom. The highest BCUT2D eigenvalue weighted by atomic mass is 16.4. The Kier molecular flexibility index (Phi) is 5.36. The van der Waals surface area contributed by atoms with Crippen molar-refractivity contribution in [1.29, 1.82) is 0 Å². The maximum Gasteiger partial charge on any atom is 0.309 e. The average molecular weight is 471 g/mol. The fourth-order valence-corrected chi connectivity index (χ4v) is 11.3. The van der Waals surface area contributed by atoms with Crippen LogP contribution < -0.4 is 0 Å². The molecule has 5 rings (SSSR count). The van der Waals surface area contributed by atoms with E-state index < -0.39 is 11.4 Å². The van der Waals surface area contributed by atoms with Crippen LogP contribution in [-0.4, -0.2) is 28.6 Å². The normalized spacial score (nSPS) is 51.6. The highest BCUT2D eigenvalue weighted by Crippen LogP contribution is 2.77. The van der Waals surface area contributed by atoms with E-state index in [2.05, 4.69) is 41.2 Å². The van der Waals surface area contributed by atoms with Gasteiger partial charge in [0.2, 0.25) is 0 Å². The van der Waals surface area contributed by atoms with Crippen molar-refractivity contribution in [3.63, 3.8) is 0 Å². The fraction of sp³-hybridized carbons (Fsp3) is 0.867. The van der Waals surface area contributed by atoms with Gasteiger partial charge in [0.15, 0.2) is 0 Å². The number of Topliss-reactive ketones (excluding diaryl/α,β-unsaturated/α-hetero) is 1. The second-order valence-electron chi connectivity index (χ2n) is 14.2. The van der Waals surface area contributed by atoms with Gasteiger partial charge in [-0.05, 0) is 105 Å². The van der Waals surface area contributed by atoms with E-state index in [4.69, 9.17) is 0 Å². The zero-order valence-corrected chi connectivity index (χ0v) is 22.1. The quantitative estimate of drug-likeness (QED) is 0.477. The molecule has 5 aliphatic rings. The van der Waals surface area contributed by atoms with Crippen molar-refractivity contribution in [1.82, 2.24) is 0 Å². The number of carboxylic acid groups (broad SMARTS) is 1.